The Morgan fingerprint density at radius 1 is 1.07 bits per heavy atom. The van der Waals surface area contributed by atoms with E-state index < -0.39 is 79.5 Å². The van der Waals surface area contributed by atoms with Crippen LogP contribution in [0.25, 0.3) is 0 Å². The van der Waals surface area contributed by atoms with Crippen molar-refractivity contribution < 1.29 is 45.8 Å². The van der Waals surface area contributed by atoms with Gasteiger partial charge in [-0.25, -0.2) is 26.4 Å². The predicted octanol–water partition coefficient (Wildman–Crippen LogP) is 4.34. The first-order valence-corrected chi connectivity index (χ1v) is 15.7. The molecule has 3 atom stereocenters. The maximum absolute atomic E-state index is 13.6. The standard InChI is InChI=1S/C29H33ClF3N3O7S/c1-14(35-27(39)43-28(2,3)4)25(37)34-13-29(40)16-8-17(29)10-19(9-16)44(41,42)23-7-15(5-6-20(23)30)26(38)36-18-11-21(31)24(33)22(32)12-18/h5-7,11-12,14,16-17,19,40H,8-10,13H2,1-4H3,(H,34,37)(H,35,39)(H,36,38)/t14-,16?,17?,19-,29-/m0/s1. The normalized spacial score (nSPS) is 23.6. The lowest BCUT2D eigenvalue weighted by Gasteiger charge is -2.58. The van der Waals surface area contributed by atoms with Gasteiger partial charge >= 0.3 is 6.09 Å². The molecule has 5 rings (SSSR count). The van der Waals surface area contributed by atoms with Gasteiger partial charge in [0, 0.05) is 29.9 Å². The molecular formula is C29H33ClF3N3O7S. The fourth-order valence-corrected chi connectivity index (χ4v) is 8.00. The Labute approximate surface area is 257 Å². The number of hydrogen-bond acceptors (Lipinski definition) is 7. The van der Waals surface area contributed by atoms with Crippen molar-refractivity contribution >= 4 is 45.0 Å². The maximum atomic E-state index is 13.6. The molecule has 2 bridgehead atoms. The van der Waals surface area contributed by atoms with Crippen LogP contribution in [0, 0.1) is 29.3 Å². The lowest BCUT2D eigenvalue weighted by molar-refractivity contribution is -0.174. The summed E-state index contributed by atoms with van der Waals surface area (Å²) >= 11 is 6.23. The molecule has 2 aromatic rings. The van der Waals surface area contributed by atoms with Crippen LogP contribution in [0.3, 0.4) is 0 Å². The SMILES string of the molecule is C[C@H](NC(=O)OC(C)(C)C)C(=O)NC[C@]1(O)C2CC1C[C@@H](S(=O)(=O)c1cc(C(=O)Nc3cc(F)c(F)c(F)c3)ccc1Cl)C2. The van der Waals surface area contributed by atoms with E-state index >= 15 is 0 Å². The highest BCUT2D eigenvalue weighted by molar-refractivity contribution is 7.92. The molecule has 0 aliphatic heterocycles. The number of aliphatic hydroxyl groups is 1. The second-order valence-electron chi connectivity index (χ2n) is 12.2. The number of carbonyl (C=O) groups is 3. The third-order valence-electron chi connectivity index (χ3n) is 7.93. The number of ether oxygens (including phenoxy) is 1. The smallest absolute Gasteiger partial charge is 0.408 e. The summed E-state index contributed by atoms with van der Waals surface area (Å²) in [6, 6.07) is 3.70. The van der Waals surface area contributed by atoms with E-state index in [4.69, 9.17) is 16.3 Å². The van der Waals surface area contributed by atoms with Gasteiger partial charge in [0.15, 0.2) is 27.3 Å². The van der Waals surface area contributed by atoms with Crippen LogP contribution in [-0.2, 0) is 19.4 Å². The Morgan fingerprint density at radius 2 is 1.66 bits per heavy atom. The Morgan fingerprint density at radius 3 is 2.23 bits per heavy atom. The molecule has 0 saturated heterocycles. The molecule has 15 heteroatoms. The van der Waals surface area contributed by atoms with Crippen molar-refractivity contribution in [2.24, 2.45) is 11.8 Å². The van der Waals surface area contributed by atoms with Crippen molar-refractivity contribution in [1.82, 2.24) is 10.6 Å². The molecule has 0 heterocycles. The Bertz CT molecular complexity index is 1560. The number of alkyl carbamates (subject to hydrolysis) is 1. The van der Waals surface area contributed by atoms with Crippen molar-refractivity contribution in [3.05, 3.63) is 58.4 Å². The number of sulfone groups is 1. The summed E-state index contributed by atoms with van der Waals surface area (Å²) in [5, 5.41) is 17.5. The number of amides is 3. The van der Waals surface area contributed by atoms with E-state index in [1.54, 1.807) is 20.8 Å². The highest BCUT2D eigenvalue weighted by Gasteiger charge is 2.60. The molecule has 3 fully saturated rings. The van der Waals surface area contributed by atoms with Gasteiger partial charge in [0.25, 0.3) is 5.91 Å². The molecule has 0 aromatic heterocycles. The summed E-state index contributed by atoms with van der Waals surface area (Å²) < 4.78 is 72.8. The average Bonchev–Trinajstić information content (AvgIpc) is 2.93. The molecular weight excluding hydrogens is 627 g/mol. The molecule has 3 aliphatic carbocycles. The van der Waals surface area contributed by atoms with Gasteiger partial charge in [0.1, 0.15) is 11.6 Å². The summed E-state index contributed by atoms with van der Waals surface area (Å²) in [5.41, 5.74) is -2.65. The van der Waals surface area contributed by atoms with Gasteiger partial charge in [-0.05, 0) is 77.0 Å². The Hall–Kier alpha value is -3.36. The first kappa shape index (κ1) is 33.5. The molecule has 2 unspecified atom stereocenters. The molecule has 3 amide bonds. The summed E-state index contributed by atoms with van der Waals surface area (Å²) in [5.74, 6) is -7.09. The summed E-state index contributed by atoms with van der Waals surface area (Å²) in [7, 11) is -4.11. The molecule has 3 aliphatic rings. The third-order valence-corrected chi connectivity index (χ3v) is 10.6. The fraction of sp³-hybridized carbons (Fsp3) is 0.483. The maximum Gasteiger partial charge on any atom is 0.408 e. The number of nitrogens with one attached hydrogen (secondary N) is 3. The second-order valence-corrected chi connectivity index (χ2v) is 14.8. The number of fused-ring (bicyclic) bond motifs is 2. The third kappa shape index (κ3) is 6.97. The van der Waals surface area contributed by atoms with Crippen LogP contribution >= 0.6 is 11.6 Å². The van der Waals surface area contributed by atoms with Crippen molar-refractivity contribution in [3.8, 4) is 0 Å². The molecule has 240 valence electrons. The van der Waals surface area contributed by atoms with Gasteiger partial charge in [-0.2, -0.15) is 0 Å². The number of carbonyl (C=O) groups excluding carboxylic acids is 3. The molecule has 10 nitrogen and oxygen atoms in total. The fourth-order valence-electron chi connectivity index (χ4n) is 5.60. The van der Waals surface area contributed by atoms with Gasteiger partial charge in [0.05, 0.1) is 20.8 Å². The second kappa shape index (κ2) is 12.2. The van der Waals surface area contributed by atoms with Crippen LogP contribution < -0.4 is 16.0 Å². The summed E-state index contributed by atoms with van der Waals surface area (Å²) in [6.07, 6.45) is -0.0911. The highest BCUT2D eigenvalue weighted by atomic mass is 35.5. The molecule has 44 heavy (non-hydrogen) atoms. The number of rotatable bonds is 8. The Kier molecular flexibility index (Phi) is 9.30. The predicted molar refractivity (Wildman–Crippen MR) is 154 cm³/mol. The minimum absolute atomic E-state index is 0.0673. The zero-order valence-electron chi connectivity index (χ0n) is 24.3. The molecule has 0 spiro atoms. The first-order chi connectivity index (χ1) is 20.3. The lowest BCUT2D eigenvalue weighted by Crippen LogP contribution is -2.66. The minimum Gasteiger partial charge on any atom is -0.444 e. The number of hydrogen-bond donors (Lipinski definition) is 4. The topological polar surface area (TPSA) is 151 Å². The van der Waals surface area contributed by atoms with Crippen LogP contribution in [0.1, 0.15) is 57.3 Å². The van der Waals surface area contributed by atoms with Gasteiger partial charge in [-0.1, -0.05) is 11.6 Å². The van der Waals surface area contributed by atoms with E-state index in [0.717, 1.165) is 6.07 Å². The summed E-state index contributed by atoms with van der Waals surface area (Å²) in [6.45, 7) is 6.36. The van der Waals surface area contributed by atoms with E-state index in [1.807, 2.05) is 0 Å². The monoisotopic (exact) mass is 659 g/mol. The molecule has 0 radical (unpaired) electrons. The van der Waals surface area contributed by atoms with Crippen LogP contribution in [0.2, 0.25) is 5.02 Å². The summed E-state index contributed by atoms with van der Waals surface area (Å²) in [4.78, 5) is 36.9. The quantitative estimate of drug-likeness (QED) is 0.308. The van der Waals surface area contributed by atoms with Crippen molar-refractivity contribution in [1.29, 1.82) is 0 Å². The van der Waals surface area contributed by atoms with Gasteiger partial charge in [0.2, 0.25) is 5.91 Å². The Balaban J connectivity index is 1.40. The van der Waals surface area contributed by atoms with Crippen LogP contribution in [0.15, 0.2) is 35.2 Å². The molecule has 3 saturated carbocycles. The van der Waals surface area contributed by atoms with Crippen LogP contribution in [0.4, 0.5) is 23.7 Å². The first-order valence-electron chi connectivity index (χ1n) is 13.8. The van der Waals surface area contributed by atoms with E-state index in [2.05, 4.69) is 16.0 Å². The van der Waals surface area contributed by atoms with Crippen molar-refractivity contribution in [2.75, 3.05) is 11.9 Å². The largest absolute Gasteiger partial charge is 0.444 e. The van der Waals surface area contributed by atoms with E-state index in [0.29, 0.717) is 18.6 Å². The number of halogens is 4. The van der Waals surface area contributed by atoms with Gasteiger partial charge in [-0.3, -0.25) is 9.59 Å². The van der Waals surface area contributed by atoms with Crippen LogP contribution in [0.5, 0.6) is 0 Å². The zero-order valence-corrected chi connectivity index (χ0v) is 25.9. The van der Waals surface area contributed by atoms with Crippen molar-refractivity contribution in [3.63, 3.8) is 0 Å². The van der Waals surface area contributed by atoms with E-state index in [9.17, 15) is 41.1 Å². The van der Waals surface area contributed by atoms with E-state index in [-0.39, 0.29) is 40.6 Å². The molecule has 2 aromatic carbocycles. The number of anilines is 1. The zero-order chi connectivity index (χ0) is 32.8. The minimum atomic E-state index is -4.11. The number of benzene rings is 2. The average molecular weight is 660 g/mol. The lowest BCUT2D eigenvalue weighted by atomic mass is 9.53. The van der Waals surface area contributed by atoms with Crippen molar-refractivity contribution in [2.45, 2.75) is 74.3 Å². The van der Waals surface area contributed by atoms with E-state index in [1.165, 1.54) is 19.1 Å². The van der Waals surface area contributed by atoms with Gasteiger partial charge < -0.3 is 25.8 Å². The highest BCUT2D eigenvalue weighted by Crippen LogP contribution is 2.55. The van der Waals surface area contributed by atoms with Gasteiger partial charge in [-0.15, -0.1) is 0 Å². The molecule has 4 N–H and O–H groups in total. The van der Waals surface area contributed by atoms with Crippen LogP contribution in [-0.4, -0.2) is 60.5 Å².